The predicted molar refractivity (Wildman–Crippen MR) is 46.0 cm³/mol. The van der Waals surface area contributed by atoms with Crippen molar-refractivity contribution in [3.8, 4) is 0 Å². The lowest BCUT2D eigenvalue weighted by atomic mass is 10.1. The monoisotopic (exact) mass is 203 g/mol. The Morgan fingerprint density at radius 1 is 1.21 bits per heavy atom. The molecule has 0 aliphatic carbocycles. The van der Waals surface area contributed by atoms with Gasteiger partial charge in [-0.05, 0) is 0 Å². The number of nitrogens with zero attached hydrogens (tertiary/aromatic N) is 1. The van der Waals surface area contributed by atoms with Gasteiger partial charge in [0.05, 0.1) is 0 Å². The molecule has 0 spiro atoms. The molecule has 1 aromatic rings. The summed E-state index contributed by atoms with van der Waals surface area (Å²) < 4.78 is 37.1. The van der Waals surface area contributed by atoms with E-state index in [0.717, 1.165) is 7.11 Å². The van der Waals surface area contributed by atoms with Gasteiger partial charge in [-0.15, -0.1) is 0 Å². The maximum Gasteiger partial charge on any atom is 0.437 e. The van der Waals surface area contributed by atoms with E-state index >= 15 is 0 Å². The Kier molecular flexibility index (Phi) is 3.11. The fourth-order valence-corrected chi connectivity index (χ4v) is 0.955. The second-order valence-corrected chi connectivity index (χ2v) is 2.49. The molecule has 0 saturated carbocycles. The van der Waals surface area contributed by atoms with Gasteiger partial charge in [0.2, 0.25) is 0 Å². The summed E-state index contributed by atoms with van der Waals surface area (Å²) in [5, 5.41) is 2.96. The molecule has 0 fully saturated rings. The average molecular weight is 203 g/mol. The summed E-state index contributed by atoms with van der Waals surface area (Å²) in [6.45, 7) is 0. The van der Waals surface area contributed by atoms with Crippen molar-refractivity contribution in [3.63, 3.8) is 0 Å². The van der Waals surface area contributed by atoms with Crippen LogP contribution in [0.25, 0.3) is 0 Å². The number of oxime groups is 1. The third-order valence-corrected chi connectivity index (χ3v) is 1.50. The average Bonchev–Trinajstić information content (AvgIpc) is 2.14. The number of hydrogen-bond acceptors (Lipinski definition) is 2. The molecule has 0 amide bonds. The van der Waals surface area contributed by atoms with Gasteiger partial charge in [0.15, 0.2) is 5.71 Å². The van der Waals surface area contributed by atoms with Gasteiger partial charge in [-0.1, -0.05) is 35.5 Å². The molecule has 2 nitrogen and oxygen atoms in total. The largest absolute Gasteiger partial charge is 0.437 e. The van der Waals surface area contributed by atoms with Gasteiger partial charge >= 0.3 is 6.18 Å². The van der Waals surface area contributed by atoms with E-state index in [9.17, 15) is 13.2 Å². The highest BCUT2D eigenvalue weighted by atomic mass is 19.4. The SMILES string of the molecule is CO/N=C(\c1ccccc1)C(F)(F)F. The predicted octanol–water partition coefficient (Wildman–Crippen LogP) is 2.60. The van der Waals surface area contributed by atoms with Crippen molar-refractivity contribution in [2.24, 2.45) is 5.16 Å². The third kappa shape index (κ3) is 2.48. The minimum absolute atomic E-state index is 0.0122. The molecule has 76 valence electrons. The Morgan fingerprint density at radius 3 is 2.21 bits per heavy atom. The normalized spacial score (nSPS) is 12.7. The van der Waals surface area contributed by atoms with Gasteiger partial charge in [0.1, 0.15) is 7.11 Å². The minimum Gasteiger partial charge on any atom is -0.399 e. The summed E-state index contributed by atoms with van der Waals surface area (Å²) in [5.41, 5.74) is -1.04. The van der Waals surface area contributed by atoms with Crippen molar-refractivity contribution >= 4 is 5.71 Å². The van der Waals surface area contributed by atoms with Gasteiger partial charge in [-0.25, -0.2) is 0 Å². The van der Waals surface area contributed by atoms with E-state index < -0.39 is 11.9 Å². The van der Waals surface area contributed by atoms with Crippen LogP contribution in [0.2, 0.25) is 0 Å². The highest BCUT2D eigenvalue weighted by Gasteiger charge is 2.37. The van der Waals surface area contributed by atoms with Crippen LogP contribution in [0.3, 0.4) is 0 Å². The van der Waals surface area contributed by atoms with E-state index in [-0.39, 0.29) is 5.56 Å². The molecule has 0 aliphatic rings. The second kappa shape index (κ2) is 4.13. The first kappa shape index (κ1) is 10.6. The third-order valence-electron chi connectivity index (χ3n) is 1.50. The van der Waals surface area contributed by atoms with Gasteiger partial charge < -0.3 is 4.84 Å². The van der Waals surface area contributed by atoms with E-state index in [1.54, 1.807) is 6.07 Å². The fourth-order valence-electron chi connectivity index (χ4n) is 0.955. The van der Waals surface area contributed by atoms with Crippen LogP contribution >= 0.6 is 0 Å². The Labute approximate surface area is 79.0 Å². The number of halogens is 3. The van der Waals surface area contributed by atoms with E-state index in [0.29, 0.717) is 0 Å². The number of rotatable bonds is 2. The van der Waals surface area contributed by atoms with Crippen LogP contribution in [-0.2, 0) is 4.84 Å². The van der Waals surface area contributed by atoms with Gasteiger partial charge in [0, 0.05) is 5.56 Å². The summed E-state index contributed by atoms with van der Waals surface area (Å²) in [6, 6.07) is 7.29. The lowest BCUT2D eigenvalue weighted by Crippen LogP contribution is -2.24. The van der Waals surface area contributed by atoms with Crippen LogP contribution in [0.4, 0.5) is 13.2 Å². The van der Waals surface area contributed by atoms with Crippen LogP contribution in [0.5, 0.6) is 0 Å². The van der Waals surface area contributed by atoms with E-state index in [1.165, 1.54) is 24.3 Å². The molecule has 0 aromatic heterocycles. The lowest BCUT2D eigenvalue weighted by Gasteiger charge is -2.08. The molecule has 0 radical (unpaired) electrons. The number of hydrogen-bond donors (Lipinski definition) is 0. The molecule has 0 aliphatic heterocycles. The quantitative estimate of drug-likeness (QED) is 0.534. The van der Waals surface area contributed by atoms with Crippen molar-refractivity contribution in [3.05, 3.63) is 35.9 Å². The van der Waals surface area contributed by atoms with Crippen LogP contribution in [0.1, 0.15) is 5.56 Å². The van der Waals surface area contributed by atoms with Crippen molar-refractivity contribution in [2.45, 2.75) is 6.18 Å². The zero-order valence-corrected chi connectivity index (χ0v) is 7.38. The lowest BCUT2D eigenvalue weighted by molar-refractivity contribution is -0.0607. The number of alkyl halides is 3. The topological polar surface area (TPSA) is 21.6 Å². The van der Waals surface area contributed by atoms with Crippen molar-refractivity contribution in [1.82, 2.24) is 0 Å². The highest BCUT2D eigenvalue weighted by molar-refractivity contribution is 6.04. The maximum absolute atomic E-state index is 12.4. The molecule has 0 saturated heterocycles. The highest BCUT2D eigenvalue weighted by Crippen LogP contribution is 2.22. The molecule has 1 rings (SSSR count). The Hall–Kier alpha value is -1.52. The van der Waals surface area contributed by atoms with Crippen LogP contribution in [0.15, 0.2) is 35.5 Å². The summed E-state index contributed by atoms with van der Waals surface area (Å²) in [4.78, 5) is 4.15. The van der Waals surface area contributed by atoms with E-state index in [1.807, 2.05) is 0 Å². The summed E-state index contributed by atoms with van der Waals surface area (Å²) >= 11 is 0. The van der Waals surface area contributed by atoms with Gasteiger partial charge in [-0.3, -0.25) is 0 Å². The second-order valence-electron chi connectivity index (χ2n) is 2.49. The zero-order valence-electron chi connectivity index (χ0n) is 7.38. The summed E-state index contributed by atoms with van der Waals surface area (Å²) in [5.74, 6) is 0. The molecule has 0 unspecified atom stereocenters. The summed E-state index contributed by atoms with van der Waals surface area (Å²) in [7, 11) is 1.08. The van der Waals surface area contributed by atoms with Crippen molar-refractivity contribution in [2.75, 3.05) is 7.11 Å². The van der Waals surface area contributed by atoms with E-state index in [2.05, 4.69) is 9.99 Å². The first-order chi connectivity index (χ1) is 6.55. The molecule has 0 N–H and O–H groups in total. The van der Waals surface area contributed by atoms with Crippen LogP contribution < -0.4 is 0 Å². The van der Waals surface area contributed by atoms with Crippen molar-refractivity contribution < 1.29 is 18.0 Å². The summed E-state index contributed by atoms with van der Waals surface area (Å²) in [6.07, 6.45) is -4.50. The van der Waals surface area contributed by atoms with E-state index in [4.69, 9.17) is 0 Å². The molecular weight excluding hydrogens is 195 g/mol. The van der Waals surface area contributed by atoms with Crippen LogP contribution in [-0.4, -0.2) is 19.0 Å². The van der Waals surface area contributed by atoms with Crippen molar-refractivity contribution in [1.29, 1.82) is 0 Å². The zero-order chi connectivity index (χ0) is 10.6. The van der Waals surface area contributed by atoms with Crippen LogP contribution in [0, 0.1) is 0 Å². The Bertz CT molecular complexity index is 319. The van der Waals surface area contributed by atoms with Gasteiger partial charge in [0.25, 0.3) is 0 Å². The molecule has 0 atom stereocenters. The molecular formula is C9H8F3NO. The van der Waals surface area contributed by atoms with Gasteiger partial charge in [-0.2, -0.15) is 13.2 Å². The maximum atomic E-state index is 12.4. The minimum atomic E-state index is -4.50. The molecule has 0 heterocycles. The first-order valence-corrected chi connectivity index (χ1v) is 3.79. The smallest absolute Gasteiger partial charge is 0.399 e. The fraction of sp³-hybridized carbons (Fsp3) is 0.222. The molecule has 5 heteroatoms. The Morgan fingerprint density at radius 2 is 1.79 bits per heavy atom. The Balaban J connectivity index is 3.09. The molecule has 14 heavy (non-hydrogen) atoms. The number of benzene rings is 1. The molecule has 0 bridgehead atoms. The molecule has 1 aromatic carbocycles. The standard InChI is InChI=1S/C9H8F3NO/c1-14-13-8(9(10,11)12)7-5-3-2-4-6-7/h2-6H,1H3/b13-8+. The first-order valence-electron chi connectivity index (χ1n) is 3.79.